The van der Waals surface area contributed by atoms with Gasteiger partial charge in [0.05, 0.1) is 12.6 Å². The van der Waals surface area contributed by atoms with E-state index in [0.717, 1.165) is 11.1 Å². The number of carbonyl (C=O) groups is 4. The van der Waals surface area contributed by atoms with E-state index in [1.54, 1.807) is 37.0 Å². The molecule has 2 aromatic rings. The second kappa shape index (κ2) is 15.4. The lowest BCUT2D eigenvalue weighted by atomic mass is 9.92. The summed E-state index contributed by atoms with van der Waals surface area (Å²) in [5.74, 6) is -1.49. The average molecular weight is 592 g/mol. The van der Waals surface area contributed by atoms with E-state index < -0.39 is 35.9 Å². The second-order valence-electron chi connectivity index (χ2n) is 11.9. The molecule has 1 aliphatic heterocycles. The number of amides is 3. The summed E-state index contributed by atoms with van der Waals surface area (Å²) in [6.07, 6.45) is 4.33. The number of aromatic hydroxyl groups is 1. The molecule has 43 heavy (non-hydrogen) atoms. The van der Waals surface area contributed by atoms with E-state index in [1.807, 2.05) is 52.0 Å². The first-order chi connectivity index (χ1) is 20.4. The van der Waals surface area contributed by atoms with Crippen LogP contribution in [0.1, 0.15) is 74.5 Å². The van der Waals surface area contributed by atoms with E-state index in [1.165, 1.54) is 12.1 Å². The van der Waals surface area contributed by atoms with Crippen LogP contribution < -0.4 is 10.6 Å². The van der Waals surface area contributed by atoms with Gasteiger partial charge in [0.1, 0.15) is 17.8 Å². The summed E-state index contributed by atoms with van der Waals surface area (Å²) in [5, 5.41) is 15.9. The van der Waals surface area contributed by atoms with Crippen LogP contribution in [0.3, 0.4) is 0 Å². The molecule has 9 nitrogen and oxygen atoms in total. The Morgan fingerprint density at radius 1 is 0.953 bits per heavy atom. The van der Waals surface area contributed by atoms with Gasteiger partial charge in [0.15, 0.2) is 0 Å². The highest BCUT2D eigenvalue weighted by Gasteiger charge is 2.35. The summed E-state index contributed by atoms with van der Waals surface area (Å²) in [4.78, 5) is 54.9. The van der Waals surface area contributed by atoms with Gasteiger partial charge in [-0.2, -0.15) is 0 Å². The molecular formula is C34H45N3O6. The van der Waals surface area contributed by atoms with Crippen molar-refractivity contribution in [1.82, 2.24) is 15.5 Å². The number of hydrogen-bond acceptors (Lipinski definition) is 6. The first-order valence-corrected chi connectivity index (χ1v) is 15.0. The minimum absolute atomic E-state index is 0.00484. The molecule has 0 aromatic heterocycles. The Kier molecular flexibility index (Phi) is 11.9. The summed E-state index contributed by atoms with van der Waals surface area (Å²) in [6, 6.07) is 10.4. The molecular weight excluding hydrogens is 546 g/mol. The van der Waals surface area contributed by atoms with Gasteiger partial charge in [0.25, 0.3) is 5.91 Å². The Morgan fingerprint density at radius 3 is 2.26 bits per heavy atom. The molecule has 2 aromatic carbocycles. The molecule has 1 aliphatic rings. The molecule has 0 fully saturated rings. The SMILES string of the molecule is CCOC(=O)/C=C/[C@H]1Cc2ccccc2CN1C(=O)[C@H](CC(C)C)NC(=O)[C@H](CC(C)C)NC(=O)c1cccc(O)c1C. The monoisotopic (exact) mass is 591 g/mol. The van der Waals surface area contributed by atoms with E-state index in [2.05, 4.69) is 10.6 Å². The summed E-state index contributed by atoms with van der Waals surface area (Å²) in [6.45, 7) is 11.8. The van der Waals surface area contributed by atoms with Crippen LogP contribution in [0.15, 0.2) is 54.6 Å². The number of nitrogens with zero attached hydrogens (tertiary/aromatic N) is 1. The fourth-order valence-electron chi connectivity index (χ4n) is 5.31. The van der Waals surface area contributed by atoms with Crippen LogP contribution in [-0.2, 0) is 32.1 Å². The van der Waals surface area contributed by atoms with Crippen LogP contribution in [0, 0.1) is 18.8 Å². The maximum Gasteiger partial charge on any atom is 0.330 e. The number of ether oxygens (including phenoxy) is 1. The molecule has 232 valence electrons. The summed E-state index contributed by atoms with van der Waals surface area (Å²) < 4.78 is 5.05. The quantitative estimate of drug-likeness (QED) is 0.248. The van der Waals surface area contributed by atoms with Gasteiger partial charge < -0.3 is 25.4 Å². The van der Waals surface area contributed by atoms with Gasteiger partial charge in [0.2, 0.25) is 11.8 Å². The van der Waals surface area contributed by atoms with Gasteiger partial charge in [-0.1, -0.05) is 64.1 Å². The molecule has 0 aliphatic carbocycles. The summed E-state index contributed by atoms with van der Waals surface area (Å²) in [5.41, 5.74) is 2.80. The molecule has 3 N–H and O–H groups in total. The predicted molar refractivity (Wildman–Crippen MR) is 165 cm³/mol. The van der Waals surface area contributed by atoms with E-state index in [9.17, 15) is 24.3 Å². The minimum atomic E-state index is -0.890. The van der Waals surface area contributed by atoms with Gasteiger partial charge in [0, 0.05) is 23.7 Å². The van der Waals surface area contributed by atoms with Crippen LogP contribution >= 0.6 is 0 Å². The third-order valence-corrected chi connectivity index (χ3v) is 7.51. The zero-order valence-electron chi connectivity index (χ0n) is 26.1. The molecule has 1 heterocycles. The fourth-order valence-corrected chi connectivity index (χ4v) is 5.31. The number of fused-ring (bicyclic) bond motifs is 1. The number of esters is 1. The third kappa shape index (κ3) is 9.17. The second-order valence-corrected chi connectivity index (χ2v) is 11.9. The highest BCUT2D eigenvalue weighted by Crippen LogP contribution is 2.26. The van der Waals surface area contributed by atoms with E-state index in [4.69, 9.17) is 4.74 Å². The molecule has 0 saturated heterocycles. The number of nitrogens with one attached hydrogen (secondary N) is 2. The summed E-state index contributed by atoms with van der Waals surface area (Å²) in [7, 11) is 0. The van der Waals surface area contributed by atoms with Gasteiger partial charge in [-0.05, 0) is 68.2 Å². The zero-order chi connectivity index (χ0) is 31.7. The largest absolute Gasteiger partial charge is 0.508 e. The molecule has 0 spiro atoms. The first-order valence-electron chi connectivity index (χ1n) is 15.0. The Hall–Kier alpha value is -4.14. The minimum Gasteiger partial charge on any atom is -0.508 e. The maximum atomic E-state index is 14.2. The summed E-state index contributed by atoms with van der Waals surface area (Å²) >= 11 is 0. The van der Waals surface area contributed by atoms with Crippen molar-refractivity contribution in [3.63, 3.8) is 0 Å². The van der Waals surface area contributed by atoms with Crippen molar-refractivity contribution in [2.45, 2.75) is 85.5 Å². The van der Waals surface area contributed by atoms with Crippen molar-refractivity contribution >= 4 is 23.7 Å². The average Bonchev–Trinajstić information content (AvgIpc) is 2.95. The molecule has 0 saturated carbocycles. The number of hydrogen-bond donors (Lipinski definition) is 3. The van der Waals surface area contributed by atoms with Crippen LogP contribution in [-0.4, -0.2) is 58.4 Å². The topological polar surface area (TPSA) is 125 Å². The third-order valence-electron chi connectivity index (χ3n) is 7.51. The molecule has 3 amide bonds. The maximum absolute atomic E-state index is 14.2. The molecule has 9 heteroatoms. The highest BCUT2D eigenvalue weighted by molar-refractivity contribution is 5.99. The van der Waals surface area contributed by atoms with Crippen molar-refractivity contribution in [2.75, 3.05) is 6.61 Å². The van der Waals surface area contributed by atoms with Gasteiger partial charge in [-0.15, -0.1) is 0 Å². The fraction of sp³-hybridized carbons (Fsp3) is 0.471. The number of phenols is 1. The molecule has 0 bridgehead atoms. The molecule has 0 radical (unpaired) electrons. The Morgan fingerprint density at radius 2 is 1.60 bits per heavy atom. The van der Waals surface area contributed by atoms with Crippen molar-refractivity contribution < 1.29 is 29.0 Å². The lowest BCUT2D eigenvalue weighted by molar-refractivity contribution is -0.140. The first kappa shape index (κ1) is 33.4. The van der Waals surface area contributed by atoms with Crippen LogP contribution in [0.2, 0.25) is 0 Å². The normalized spacial score (nSPS) is 16.1. The number of phenolic OH excluding ortho intramolecular Hbond substituents is 1. The number of carbonyl (C=O) groups excluding carboxylic acids is 4. The molecule has 0 unspecified atom stereocenters. The van der Waals surface area contributed by atoms with Crippen molar-refractivity contribution in [3.8, 4) is 5.75 Å². The van der Waals surface area contributed by atoms with Gasteiger partial charge >= 0.3 is 5.97 Å². The Balaban J connectivity index is 1.87. The van der Waals surface area contributed by atoms with E-state index in [-0.39, 0.29) is 35.7 Å². The van der Waals surface area contributed by atoms with Crippen molar-refractivity contribution in [2.24, 2.45) is 11.8 Å². The molecule has 3 atom stereocenters. The lowest BCUT2D eigenvalue weighted by Crippen LogP contribution is -2.57. The number of benzene rings is 2. The smallest absolute Gasteiger partial charge is 0.330 e. The van der Waals surface area contributed by atoms with E-state index in [0.29, 0.717) is 31.4 Å². The number of rotatable bonds is 12. The zero-order valence-corrected chi connectivity index (χ0v) is 26.1. The van der Waals surface area contributed by atoms with Crippen molar-refractivity contribution in [3.05, 3.63) is 76.9 Å². The molecule has 3 rings (SSSR count). The van der Waals surface area contributed by atoms with Gasteiger partial charge in [-0.3, -0.25) is 14.4 Å². The standard InChI is InChI=1S/C34H45N3O6/c1-7-43-31(39)16-15-26-19-24-11-8-9-12-25(24)20-37(26)34(42)29(18-22(4)5)36-33(41)28(17-21(2)3)35-32(40)27-13-10-14-30(38)23(27)6/h8-16,21-22,26,28-29,38H,7,17-20H2,1-6H3,(H,35,40)(H,36,41)/b16-15+/t26-,28-,29-/m0/s1. The highest BCUT2D eigenvalue weighted by atomic mass is 16.5. The Bertz CT molecular complexity index is 1340. The predicted octanol–water partition coefficient (Wildman–Crippen LogP) is 4.45. The van der Waals surface area contributed by atoms with Crippen molar-refractivity contribution in [1.29, 1.82) is 0 Å². The van der Waals surface area contributed by atoms with Gasteiger partial charge in [-0.25, -0.2) is 4.79 Å². The van der Waals surface area contributed by atoms with Crippen LogP contribution in [0.4, 0.5) is 0 Å². The van der Waals surface area contributed by atoms with Crippen LogP contribution in [0.5, 0.6) is 5.75 Å². The Labute approximate surface area is 254 Å². The van der Waals surface area contributed by atoms with E-state index >= 15 is 0 Å². The van der Waals surface area contributed by atoms with Crippen LogP contribution in [0.25, 0.3) is 0 Å². The lowest BCUT2D eigenvalue weighted by Gasteiger charge is -2.38.